The van der Waals surface area contributed by atoms with Gasteiger partial charge in [0.2, 0.25) is 5.43 Å². The van der Waals surface area contributed by atoms with E-state index in [0.717, 1.165) is 0 Å². The number of carbonyl (C=O) groups excluding carboxylic acids is 1. The Morgan fingerprint density at radius 1 is 1.00 bits per heavy atom. The van der Waals surface area contributed by atoms with Crippen LogP contribution < -0.4 is 11.2 Å². The zero-order chi connectivity index (χ0) is 26.3. The van der Waals surface area contributed by atoms with E-state index in [-0.39, 0.29) is 31.7 Å². The minimum absolute atomic E-state index is 0.0742. The van der Waals surface area contributed by atoms with E-state index in [0.29, 0.717) is 16.8 Å². The van der Waals surface area contributed by atoms with Crippen molar-refractivity contribution < 1.29 is 35.5 Å². The fourth-order valence-electron chi connectivity index (χ4n) is 5.15. The molecule has 0 spiro atoms. The zero-order valence-corrected chi connectivity index (χ0v) is 18.8. The number of halogens is 8. The largest absolute Gasteiger partial charge is 0.399 e. The number of hydrogen-bond acceptors (Lipinski definition) is 3. The van der Waals surface area contributed by atoms with Crippen molar-refractivity contribution in [1.82, 2.24) is 9.55 Å². The minimum Gasteiger partial charge on any atom is -0.365 e. The predicted molar refractivity (Wildman–Crippen MR) is 114 cm³/mol. The molecular formula is C23H15ClF7N3O2. The van der Waals surface area contributed by atoms with Crippen LogP contribution in [0.2, 0.25) is 5.15 Å². The summed E-state index contributed by atoms with van der Waals surface area (Å²) in [4.78, 5) is 28.1. The molecule has 1 amide bonds. The van der Waals surface area contributed by atoms with E-state index in [2.05, 4.69) is 4.98 Å². The highest BCUT2D eigenvalue weighted by molar-refractivity contribution is 6.29. The molecule has 0 bridgehead atoms. The number of benzene rings is 1. The van der Waals surface area contributed by atoms with Crippen molar-refractivity contribution in [2.75, 3.05) is 0 Å². The van der Waals surface area contributed by atoms with E-state index >= 15 is 13.2 Å². The van der Waals surface area contributed by atoms with Crippen LogP contribution in [0.25, 0.3) is 16.7 Å². The average Bonchev–Trinajstić information content (AvgIpc) is 3.66. The summed E-state index contributed by atoms with van der Waals surface area (Å²) in [6, 6.07) is 0.655. The fraction of sp³-hybridized carbons (Fsp3) is 0.348. The Kier molecular flexibility index (Phi) is 5.40. The summed E-state index contributed by atoms with van der Waals surface area (Å²) < 4.78 is 105. The molecule has 190 valence electrons. The molecule has 2 N–H and O–H groups in total. The summed E-state index contributed by atoms with van der Waals surface area (Å²) in [5, 5.41) is -1.50. The van der Waals surface area contributed by atoms with Gasteiger partial charge in [-0.1, -0.05) is 11.6 Å². The molecule has 13 heteroatoms. The number of primary amides is 1. The van der Waals surface area contributed by atoms with Gasteiger partial charge in [0.05, 0.1) is 5.39 Å². The number of nitrogens with zero attached hydrogens (tertiary/aromatic N) is 2. The van der Waals surface area contributed by atoms with Gasteiger partial charge in [0.25, 0.3) is 5.91 Å². The number of alkyl halides is 3. The first-order valence-electron chi connectivity index (χ1n) is 10.8. The molecule has 2 fully saturated rings. The smallest absolute Gasteiger partial charge is 0.365 e. The minimum atomic E-state index is -5.07. The normalized spacial score (nSPS) is 16.6. The highest BCUT2D eigenvalue weighted by atomic mass is 35.5. The second kappa shape index (κ2) is 7.92. The monoisotopic (exact) mass is 533 g/mol. The second-order valence-electron chi connectivity index (χ2n) is 9.03. The van der Waals surface area contributed by atoms with Gasteiger partial charge in [-0.05, 0) is 43.6 Å². The van der Waals surface area contributed by atoms with Crippen LogP contribution >= 0.6 is 11.6 Å². The van der Waals surface area contributed by atoms with Crippen LogP contribution in [0.5, 0.6) is 0 Å². The van der Waals surface area contributed by atoms with Crippen molar-refractivity contribution in [3.05, 3.63) is 68.1 Å². The molecule has 5 nitrogen and oxygen atoms in total. The lowest BCUT2D eigenvalue weighted by Gasteiger charge is -2.38. The Morgan fingerprint density at radius 2 is 1.58 bits per heavy atom. The van der Waals surface area contributed by atoms with Crippen LogP contribution in [0.3, 0.4) is 0 Å². The highest BCUT2D eigenvalue weighted by Crippen LogP contribution is 2.66. The second-order valence-corrected chi connectivity index (χ2v) is 9.39. The van der Waals surface area contributed by atoms with Gasteiger partial charge in [-0.3, -0.25) is 14.2 Å². The molecular weight excluding hydrogens is 519 g/mol. The number of rotatable bonds is 5. The molecule has 5 rings (SSSR count). The summed E-state index contributed by atoms with van der Waals surface area (Å²) in [6.07, 6.45) is -4.22. The Labute approximate surface area is 202 Å². The lowest BCUT2D eigenvalue weighted by atomic mass is 9.70. The summed E-state index contributed by atoms with van der Waals surface area (Å²) in [5.74, 6) is -10.1. The predicted octanol–water partition coefficient (Wildman–Crippen LogP) is 5.31. The molecule has 0 radical (unpaired) electrons. The molecule has 2 saturated carbocycles. The SMILES string of the molecule is NC(=O)c1cn(-c2c(F)cc(F)c(C(C3CC3)(C3CC3)C(F)(F)F)c2F)c2nc(Cl)c(F)cc2c1=O. The quantitative estimate of drug-likeness (QED) is 0.356. The zero-order valence-electron chi connectivity index (χ0n) is 18.0. The molecule has 0 saturated heterocycles. The summed E-state index contributed by atoms with van der Waals surface area (Å²) in [7, 11) is 0. The van der Waals surface area contributed by atoms with Crippen molar-refractivity contribution in [2.24, 2.45) is 17.6 Å². The van der Waals surface area contributed by atoms with E-state index in [1.165, 1.54) is 0 Å². The molecule has 36 heavy (non-hydrogen) atoms. The van der Waals surface area contributed by atoms with Crippen LogP contribution in [-0.2, 0) is 5.41 Å². The van der Waals surface area contributed by atoms with Gasteiger partial charge in [0.15, 0.2) is 28.3 Å². The molecule has 2 heterocycles. The molecule has 3 aromatic rings. The first kappa shape index (κ1) is 24.5. The molecule has 0 unspecified atom stereocenters. The Bertz CT molecular complexity index is 1500. The van der Waals surface area contributed by atoms with Gasteiger partial charge >= 0.3 is 6.18 Å². The molecule has 0 aliphatic heterocycles. The van der Waals surface area contributed by atoms with Crippen LogP contribution in [0, 0.1) is 35.1 Å². The molecule has 2 aromatic heterocycles. The van der Waals surface area contributed by atoms with E-state index in [9.17, 15) is 27.2 Å². The van der Waals surface area contributed by atoms with Gasteiger partial charge in [-0.25, -0.2) is 22.5 Å². The fourth-order valence-corrected chi connectivity index (χ4v) is 5.29. The highest BCUT2D eigenvalue weighted by Gasteiger charge is 2.71. The Morgan fingerprint density at radius 3 is 2.08 bits per heavy atom. The van der Waals surface area contributed by atoms with E-state index < -0.39 is 91.0 Å². The Balaban J connectivity index is 1.92. The summed E-state index contributed by atoms with van der Waals surface area (Å²) >= 11 is 5.68. The van der Waals surface area contributed by atoms with Crippen molar-refractivity contribution >= 4 is 28.5 Å². The van der Waals surface area contributed by atoms with Crippen LogP contribution in [0.1, 0.15) is 41.6 Å². The third-order valence-electron chi connectivity index (χ3n) is 6.87. The van der Waals surface area contributed by atoms with Crippen molar-refractivity contribution in [3.8, 4) is 5.69 Å². The number of carbonyl (C=O) groups is 1. The van der Waals surface area contributed by atoms with Crippen LogP contribution in [0.4, 0.5) is 30.7 Å². The number of nitrogens with two attached hydrogens (primary N) is 1. The summed E-state index contributed by atoms with van der Waals surface area (Å²) in [5.41, 5.74) is -3.00. The number of pyridine rings is 2. The van der Waals surface area contributed by atoms with Crippen molar-refractivity contribution in [1.29, 1.82) is 0 Å². The molecule has 1 aromatic carbocycles. The van der Waals surface area contributed by atoms with Crippen molar-refractivity contribution in [3.63, 3.8) is 0 Å². The number of aromatic nitrogens is 2. The van der Waals surface area contributed by atoms with E-state index in [1.54, 1.807) is 0 Å². The maximum absolute atomic E-state index is 16.1. The Hall–Kier alpha value is -3.15. The van der Waals surface area contributed by atoms with Gasteiger partial charge in [-0.2, -0.15) is 13.2 Å². The number of hydrogen-bond donors (Lipinski definition) is 1. The standard InChI is InChI=1S/C23H15ClF7N3O2/c24-19-14(27)5-10-18(35)11(20(32)36)7-34(21(10)33-19)17-13(26)6-12(25)15(16(17)28)22(8-1-2-8,9-3-4-9)23(29,30)31/h5-9H,1-4H2,(H2,32,36). The van der Waals surface area contributed by atoms with Gasteiger partial charge in [0.1, 0.15) is 22.5 Å². The third kappa shape index (κ3) is 3.40. The number of amides is 1. The van der Waals surface area contributed by atoms with E-state index in [4.69, 9.17) is 17.3 Å². The van der Waals surface area contributed by atoms with Gasteiger partial charge in [0, 0.05) is 17.8 Å². The lowest BCUT2D eigenvalue weighted by Crippen LogP contribution is -2.48. The molecule has 2 aliphatic carbocycles. The van der Waals surface area contributed by atoms with Gasteiger partial charge < -0.3 is 5.73 Å². The third-order valence-corrected chi connectivity index (χ3v) is 7.13. The molecule has 0 atom stereocenters. The first-order valence-corrected chi connectivity index (χ1v) is 11.1. The van der Waals surface area contributed by atoms with Crippen LogP contribution in [0.15, 0.2) is 23.1 Å². The van der Waals surface area contributed by atoms with Gasteiger partial charge in [-0.15, -0.1) is 0 Å². The number of fused-ring (bicyclic) bond motifs is 1. The lowest BCUT2D eigenvalue weighted by molar-refractivity contribution is -0.206. The molecule has 2 aliphatic rings. The first-order chi connectivity index (χ1) is 16.8. The maximum atomic E-state index is 16.1. The van der Waals surface area contributed by atoms with Crippen molar-refractivity contribution in [2.45, 2.75) is 37.3 Å². The topological polar surface area (TPSA) is 78.0 Å². The van der Waals surface area contributed by atoms with E-state index in [1.807, 2.05) is 0 Å². The average molecular weight is 534 g/mol. The maximum Gasteiger partial charge on any atom is 0.399 e. The summed E-state index contributed by atoms with van der Waals surface area (Å²) in [6.45, 7) is 0. The van der Waals surface area contributed by atoms with Crippen LogP contribution in [-0.4, -0.2) is 21.6 Å².